The molecule has 0 aromatic heterocycles. The van der Waals surface area contributed by atoms with E-state index in [9.17, 15) is 29.4 Å². The Kier molecular flexibility index (Phi) is 9.08. The van der Waals surface area contributed by atoms with Crippen molar-refractivity contribution in [3.63, 3.8) is 0 Å². The van der Waals surface area contributed by atoms with Gasteiger partial charge in [-0.1, -0.05) is 32.4 Å². The van der Waals surface area contributed by atoms with Gasteiger partial charge in [-0.2, -0.15) is 0 Å². The largest absolute Gasteiger partial charge is 0.508 e. The topological polar surface area (TPSA) is 148 Å². The van der Waals surface area contributed by atoms with Gasteiger partial charge in [0.05, 0.1) is 6.04 Å². The van der Waals surface area contributed by atoms with E-state index >= 15 is 0 Å². The number of likely N-dealkylation sites (tertiary alicyclic amines) is 1. The summed E-state index contributed by atoms with van der Waals surface area (Å²) in [6, 6.07) is 3.07. The number of phenols is 1. The van der Waals surface area contributed by atoms with Crippen molar-refractivity contribution in [1.82, 2.24) is 20.9 Å². The summed E-state index contributed by atoms with van der Waals surface area (Å²) < 4.78 is 0. The zero-order valence-corrected chi connectivity index (χ0v) is 20.3. The van der Waals surface area contributed by atoms with Crippen LogP contribution in [0.5, 0.6) is 5.75 Å². The minimum atomic E-state index is -1.18. The van der Waals surface area contributed by atoms with Crippen LogP contribution in [-0.2, 0) is 25.6 Å². The van der Waals surface area contributed by atoms with Crippen molar-refractivity contribution in [3.05, 3.63) is 29.8 Å². The van der Waals surface area contributed by atoms with Crippen molar-refractivity contribution < 1.29 is 29.4 Å². The predicted molar refractivity (Wildman–Crippen MR) is 129 cm³/mol. The van der Waals surface area contributed by atoms with Crippen LogP contribution >= 0.6 is 0 Å². The van der Waals surface area contributed by atoms with Gasteiger partial charge in [-0.25, -0.2) is 4.79 Å². The lowest BCUT2D eigenvalue weighted by Gasteiger charge is -2.32. The van der Waals surface area contributed by atoms with Crippen molar-refractivity contribution in [2.45, 2.75) is 76.5 Å². The van der Waals surface area contributed by atoms with E-state index in [0.29, 0.717) is 31.4 Å². The molecule has 0 spiro atoms. The molecule has 35 heavy (non-hydrogen) atoms. The van der Waals surface area contributed by atoms with E-state index < -0.39 is 30.0 Å². The highest BCUT2D eigenvalue weighted by molar-refractivity contribution is 5.94. The lowest BCUT2D eigenvalue weighted by Crippen LogP contribution is -2.58. The first-order valence-corrected chi connectivity index (χ1v) is 12.4. The van der Waals surface area contributed by atoms with Gasteiger partial charge < -0.3 is 31.1 Å². The molecular weight excluding hydrogens is 452 g/mol. The minimum Gasteiger partial charge on any atom is -0.508 e. The number of rotatable bonds is 10. The molecule has 10 nitrogen and oxygen atoms in total. The van der Waals surface area contributed by atoms with Crippen molar-refractivity contribution >= 4 is 23.7 Å². The summed E-state index contributed by atoms with van der Waals surface area (Å²) in [5.74, 6) is -2.28. The fourth-order valence-corrected chi connectivity index (χ4v) is 4.66. The number of aliphatic carboxylic acids is 1. The normalized spacial score (nSPS) is 22.3. The van der Waals surface area contributed by atoms with Crippen LogP contribution < -0.4 is 16.0 Å². The molecule has 2 aliphatic heterocycles. The van der Waals surface area contributed by atoms with Crippen LogP contribution in [0.2, 0.25) is 0 Å². The number of hydrogen-bond acceptors (Lipinski definition) is 6. The number of carbonyl (C=O) groups is 4. The van der Waals surface area contributed by atoms with Crippen LogP contribution in [0.15, 0.2) is 24.3 Å². The van der Waals surface area contributed by atoms with Gasteiger partial charge in [-0.3, -0.25) is 14.4 Å². The summed E-state index contributed by atoms with van der Waals surface area (Å²) in [6.07, 6.45) is 3.39. The van der Waals surface area contributed by atoms with Gasteiger partial charge in [0, 0.05) is 13.0 Å². The summed E-state index contributed by atoms with van der Waals surface area (Å²) in [6.45, 7) is 4.98. The van der Waals surface area contributed by atoms with E-state index in [1.54, 1.807) is 12.1 Å². The van der Waals surface area contributed by atoms with E-state index in [0.717, 1.165) is 19.4 Å². The van der Waals surface area contributed by atoms with Crippen LogP contribution in [0.3, 0.4) is 0 Å². The van der Waals surface area contributed by atoms with Crippen LogP contribution in [-0.4, -0.2) is 76.1 Å². The van der Waals surface area contributed by atoms with Crippen LogP contribution in [0.1, 0.15) is 51.5 Å². The molecule has 1 aromatic carbocycles. The van der Waals surface area contributed by atoms with Crippen molar-refractivity contribution in [2.75, 3.05) is 13.1 Å². The molecule has 192 valence electrons. The first kappa shape index (κ1) is 26.5. The third-order valence-corrected chi connectivity index (χ3v) is 6.98. The first-order valence-electron chi connectivity index (χ1n) is 12.4. The fraction of sp³-hybridized carbons (Fsp3) is 0.600. The molecule has 2 saturated heterocycles. The lowest BCUT2D eigenvalue weighted by atomic mass is 9.96. The molecule has 0 radical (unpaired) electrons. The van der Waals surface area contributed by atoms with Gasteiger partial charge in [0.15, 0.2) is 0 Å². The standard InChI is InChI=1S/C25H36N4O6/c1-3-15(2)21(28-22(31)18-6-4-12-26-18)24(33)29-13-5-7-20(29)23(32)27-19(25(34)35)14-16-8-10-17(30)11-9-16/h8-11,15,18-21,26,30H,3-7,12-14H2,1-2H3,(H,27,32)(H,28,31)(H,34,35). The van der Waals surface area contributed by atoms with E-state index in [2.05, 4.69) is 16.0 Å². The number of nitrogens with zero attached hydrogens (tertiary/aromatic N) is 1. The summed E-state index contributed by atoms with van der Waals surface area (Å²) in [5, 5.41) is 27.7. The van der Waals surface area contributed by atoms with E-state index in [1.165, 1.54) is 17.0 Å². The Labute approximate surface area is 205 Å². The van der Waals surface area contributed by atoms with Crippen LogP contribution in [0, 0.1) is 5.92 Å². The molecule has 0 aliphatic carbocycles. The number of carbonyl (C=O) groups excluding carboxylic acids is 3. The summed E-state index contributed by atoms with van der Waals surface area (Å²) in [7, 11) is 0. The highest BCUT2D eigenvalue weighted by Gasteiger charge is 2.40. The number of benzene rings is 1. The molecule has 3 amide bonds. The van der Waals surface area contributed by atoms with Gasteiger partial charge in [-0.05, 0) is 55.8 Å². The Morgan fingerprint density at radius 3 is 2.40 bits per heavy atom. The molecule has 10 heteroatoms. The Bertz CT molecular complexity index is 915. The Morgan fingerprint density at radius 2 is 1.80 bits per heavy atom. The number of carboxylic acid groups (broad SMARTS) is 1. The molecule has 5 unspecified atom stereocenters. The number of amides is 3. The highest BCUT2D eigenvalue weighted by Crippen LogP contribution is 2.22. The number of aromatic hydroxyl groups is 1. The van der Waals surface area contributed by atoms with Gasteiger partial charge >= 0.3 is 5.97 Å². The van der Waals surface area contributed by atoms with Crippen molar-refractivity contribution in [3.8, 4) is 5.75 Å². The fourth-order valence-electron chi connectivity index (χ4n) is 4.66. The first-order chi connectivity index (χ1) is 16.7. The summed E-state index contributed by atoms with van der Waals surface area (Å²) in [5.41, 5.74) is 0.648. The van der Waals surface area contributed by atoms with Gasteiger partial charge in [0.25, 0.3) is 0 Å². The Morgan fingerprint density at radius 1 is 1.09 bits per heavy atom. The molecule has 2 aliphatic rings. The average Bonchev–Trinajstić information content (AvgIpc) is 3.55. The van der Waals surface area contributed by atoms with E-state index in [1.807, 2.05) is 13.8 Å². The van der Waals surface area contributed by atoms with Gasteiger partial charge in [0.1, 0.15) is 23.9 Å². The molecule has 2 heterocycles. The second-order valence-corrected chi connectivity index (χ2v) is 9.48. The number of phenolic OH excluding ortho intramolecular Hbond substituents is 1. The average molecular weight is 489 g/mol. The SMILES string of the molecule is CCC(C)C(NC(=O)C1CCCN1)C(=O)N1CCCC1C(=O)NC(Cc1ccc(O)cc1)C(=O)O. The molecular formula is C25H36N4O6. The maximum atomic E-state index is 13.5. The molecule has 0 saturated carbocycles. The van der Waals surface area contributed by atoms with Gasteiger partial charge in [-0.15, -0.1) is 0 Å². The third-order valence-electron chi connectivity index (χ3n) is 6.98. The third kappa shape index (κ3) is 6.72. The van der Waals surface area contributed by atoms with Gasteiger partial charge in [0.2, 0.25) is 17.7 Å². The molecule has 5 N–H and O–H groups in total. The van der Waals surface area contributed by atoms with E-state index in [4.69, 9.17) is 0 Å². The zero-order valence-electron chi connectivity index (χ0n) is 20.3. The Hall–Kier alpha value is -3.14. The minimum absolute atomic E-state index is 0.0436. The molecule has 5 atom stereocenters. The van der Waals surface area contributed by atoms with Crippen molar-refractivity contribution in [1.29, 1.82) is 0 Å². The number of carboxylic acids is 1. The maximum absolute atomic E-state index is 13.5. The second-order valence-electron chi connectivity index (χ2n) is 9.48. The lowest BCUT2D eigenvalue weighted by molar-refractivity contribution is -0.145. The molecule has 1 aromatic rings. The number of nitrogens with one attached hydrogen (secondary N) is 3. The second kappa shape index (κ2) is 12.0. The monoisotopic (exact) mass is 488 g/mol. The summed E-state index contributed by atoms with van der Waals surface area (Å²) >= 11 is 0. The molecule has 3 rings (SSSR count). The smallest absolute Gasteiger partial charge is 0.326 e. The quantitative estimate of drug-likeness (QED) is 0.327. The Balaban J connectivity index is 1.69. The maximum Gasteiger partial charge on any atom is 0.326 e. The van der Waals surface area contributed by atoms with Crippen LogP contribution in [0.4, 0.5) is 0 Å². The van der Waals surface area contributed by atoms with Crippen LogP contribution in [0.25, 0.3) is 0 Å². The van der Waals surface area contributed by atoms with E-state index in [-0.39, 0.29) is 35.9 Å². The molecule has 2 fully saturated rings. The zero-order chi connectivity index (χ0) is 25.5. The number of hydrogen-bond donors (Lipinski definition) is 5. The summed E-state index contributed by atoms with van der Waals surface area (Å²) in [4.78, 5) is 52.7. The molecule has 0 bridgehead atoms. The highest BCUT2D eigenvalue weighted by atomic mass is 16.4. The predicted octanol–water partition coefficient (Wildman–Crippen LogP) is 0.778. The van der Waals surface area contributed by atoms with Crippen molar-refractivity contribution in [2.24, 2.45) is 5.92 Å².